The van der Waals surface area contributed by atoms with Crippen molar-refractivity contribution in [1.82, 2.24) is 0 Å². The van der Waals surface area contributed by atoms with Crippen molar-refractivity contribution in [3.8, 4) is 0 Å². The van der Waals surface area contributed by atoms with Crippen LogP contribution in [0.1, 0.15) is 16.1 Å². The minimum absolute atomic E-state index is 0.0399. The lowest BCUT2D eigenvalue weighted by molar-refractivity contribution is -0.0689. The second-order valence-corrected chi connectivity index (χ2v) is 4.93. The maximum absolute atomic E-state index is 13.1. The fraction of sp³-hybridized carbons (Fsp3) is 0.0714. The molecule has 0 radical (unpaired) electrons. The molecule has 0 aliphatic rings. The number of carbonyl (C=O) groups is 1. The average molecular weight is 335 g/mol. The lowest BCUT2D eigenvalue weighted by Gasteiger charge is -2.12. The number of hydrogen-bond donors (Lipinski definition) is 0. The van der Waals surface area contributed by atoms with Gasteiger partial charge in [-0.3, -0.25) is 4.79 Å². The summed E-state index contributed by atoms with van der Waals surface area (Å²) in [5.41, 5.74) is -1.44. The molecule has 0 amide bonds. The maximum Gasteiger partial charge on any atom is 0.417 e. The largest absolute Gasteiger partial charge is 0.461 e. The van der Waals surface area contributed by atoms with E-state index < -0.39 is 17.5 Å². The van der Waals surface area contributed by atoms with Gasteiger partial charge in [0.25, 0.3) is 0 Å². The molecule has 0 saturated carbocycles. The van der Waals surface area contributed by atoms with E-state index in [-0.39, 0.29) is 21.4 Å². The SMILES string of the molecule is O=C(/C=C(\c1cc(Cl)cc(Cl)c1)C(F)(F)F)c1ccco1. The van der Waals surface area contributed by atoms with Crippen LogP contribution in [-0.2, 0) is 0 Å². The normalized spacial score (nSPS) is 12.5. The second-order valence-electron chi connectivity index (χ2n) is 4.06. The molecule has 7 heteroatoms. The predicted molar refractivity (Wildman–Crippen MR) is 73.5 cm³/mol. The van der Waals surface area contributed by atoms with Crippen molar-refractivity contribution in [2.45, 2.75) is 6.18 Å². The number of alkyl halides is 3. The Bertz CT molecular complexity index is 668. The standard InChI is InChI=1S/C14H7Cl2F3O2/c15-9-4-8(5-10(16)6-9)11(14(17,18)19)7-12(20)13-2-1-3-21-13/h1-7H/b11-7+. The Balaban J connectivity index is 2.51. The first-order valence-electron chi connectivity index (χ1n) is 5.60. The van der Waals surface area contributed by atoms with Crippen molar-refractivity contribution < 1.29 is 22.4 Å². The summed E-state index contributed by atoms with van der Waals surface area (Å²) in [5, 5.41) is 0.0798. The zero-order chi connectivity index (χ0) is 15.6. The predicted octanol–water partition coefficient (Wildman–Crippen LogP) is 5.42. The molecular weight excluding hydrogens is 328 g/mol. The van der Waals surface area contributed by atoms with Crippen LogP contribution in [0, 0.1) is 0 Å². The number of halogens is 5. The average Bonchev–Trinajstić information content (AvgIpc) is 2.86. The minimum atomic E-state index is -4.74. The third kappa shape index (κ3) is 3.89. The van der Waals surface area contributed by atoms with Crippen LogP contribution in [0.4, 0.5) is 13.2 Å². The van der Waals surface area contributed by atoms with Gasteiger partial charge in [-0.15, -0.1) is 0 Å². The molecule has 0 bridgehead atoms. The molecule has 0 atom stereocenters. The van der Waals surface area contributed by atoms with E-state index in [2.05, 4.69) is 0 Å². The molecular formula is C14H7Cl2F3O2. The Hall–Kier alpha value is -1.72. The van der Waals surface area contributed by atoms with Crippen LogP contribution in [0.15, 0.2) is 47.1 Å². The van der Waals surface area contributed by atoms with Crippen molar-refractivity contribution >= 4 is 34.6 Å². The number of benzene rings is 1. The fourth-order valence-corrected chi connectivity index (χ4v) is 2.19. The van der Waals surface area contributed by atoms with E-state index in [4.69, 9.17) is 27.6 Å². The quantitative estimate of drug-likeness (QED) is 0.554. The van der Waals surface area contributed by atoms with E-state index in [0.29, 0.717) is 6.08 Å². The minimum Gasteiger partial charge on any atom is -0.461 e. The van der Waals surface area contributed by atoms with Gasteiger partial charge in [0.2, 0.25) is 5.78 Å². The van der Waals surface area contributed by atoms with Crippen molar-refractivity contribution in [2.75, 3.05) is 0 Å². The van der Waals surface area contributed by atoms with Gasteiger partial charge in [-0.1, -0.05) is 23.2 Å². The molecule has 0 saturated heterocycles. The molecule has 2 aromatic rings. The van der Waals surface area contributed by atoms with E-state index in [1.807, 2.05) is 0 Å². The van der Waals surface area contributed by atoms with Crippen LogP contribution in [0.3, 0.4) is 0 Å². The van der Waals surface area contributed by atoms with Gasteiger partial charge in [0.05, 0.1) is 11.8 Å². The third-order valence-electron chi connectivity index (χ3n) is 2.52. The van der Waals surface area contributed by atoms with Crippen molar-refractivity contribution in [2.24, 2.45) is 0 Å². The monoisotopic (exact) mass is 334 g/mol. The highest BCUT2D eigenvalue weighted by molar-refractivity contribution is 6.35. The molecule has 1 aromatic heterocycles. The highest BCUT2D eigenvalue weighted by Gasteiger charge is 2.36. The number of hydrogen-bond acceptors (Lipinski definition) is 2. The molecule has 0 aliphatic heterocycles. The molecule has 2 rings (SSSR count). The van der Waals surface area contributed by atoms with E-state index in [1.165, 1.54) is 24.5 Å². The van der Waals surface area contributed by atoms with Crippen molar-refractivity contribution in [1.29, 1.82) is 0 Å². The van der Waals surface area contributed by atoms with Crippen LogP contribution < -0.4 is 0 Å². The summed E-state index contributed by atoms with van der Waals surface area (Å²) in [4.78, 5) is 11.8. The molecule has 110 valence electrons. The van der Waals surface area contributed by atoms with Crippen LogP contribution >= 0.6 is 23.2 Å². The summed E-state index contributed by atoms with van der Waals surface area (Å²) < 4.78 is 44.2. The summed E-state index contributed by atoms with van der Waals surface area (Å²) in [6.07, 6.45) is -3.08. The first-order chi connectivity index (χ1) is 9.77. The molecule has 0 aliphatic carbocycles. The number of carbonyl (C=O) groups excluding carboxylic acids is 1. The van der Waals surface area contributed by atoms with Crippen LogP contribution in [0.2, 0.25) is 10.0 Å². The third-order valence-corrected chi connectivity index (χ3v) is 2.95. The summed E-state index contributed by atoms with van der Waals surface area (Å²) in [6, 6.07) is 6.15. The van der Waals surface area contributed by atoms with Gasteiger partial charge in [-0.05, 0) is 35.9 Å². The molecule has 21 heavy (non-hydrogen) atoms. The van der Waals surface area contributed by atoms with Gasteiger partial charge < -0.3 is 4.42 Å². The first kappa shape index (κ1) is 15.7. The molecule has 1 aromatic carbocycles. The van der Waals surface area contributed by atoms with Crippen LogP contribution in [0.25, 0.3) is 5.57 Å². The van der Waals surface area contributed by atoms with E-state index >= 15 is 0 Å². The highest BCUT2D eigenvalue weighted by Crippen LogP contribution is 2.36. The Kier molecular flexibility index (Phi) is 4.44. The zero-order valence-electron chi connectivity index (χ0n) is 10.2. The van der Waals surface area contributed by atoms with Crippen molar-refractivity contribution in [3.05, 3.63) is 64.0 Å². The number of allylic oxidation sites excluding steroid dienone is 2. The first-order valence-corrected chi connectivity index (χ1v) is 6.36. The topological polar surface area (TPSA) is 30.2 Å². The van der Waals surface area contributed by atoms with Gasteiger partial charge in [0, 0.05) is 16.1 Å². The lowest BCUT2D eigenvalue weighted by Crippen LogP contribution is -2.12. The number of rotatable bonds is 3. The smallest absolute Gasteiger partial charge is 0.417 e. The van der Waals surface area contributed by atoms with Crippen molar-refractivity contribution in [3.63, 3.8) is 0 Å². The zero-order valence-corrected chi connectivity index (χ0v) is 11.8. The summed E-state index contributed by atoms with van der Waals surface area (Å²) in [5.74, 6) is -1.09. The number of ketones is 1. The Morgan fingerprint density at radius 1 is 1.14 bits per heavy atom. The molecule has 0 N–H and O–H groups in total. The van der Waals surface area contributed by atoms with Gasteiger partial charge in [-0.25, -0.2) is 0 Å². The summed E-state index contributed by atoms with van der Waals surface area (Å²) >= 11 is 11.4. The molecule has 2 nitrogen and oxygen atoms in total. The highest BCUT2D eigenvalue weighted by atomic mass is 35.5. The van der Waals surface area contributed by atoms with Gasteiger partial charge >= 0.3 is 6.18 Å². The molecule has 0 spiro atoms. The van der Waals surface area contributed by atoms with Crippen LogP contribution in [0.5, 0.6) is 0 Å². The molecule has 1 heterocycles. The molecule has 0 fully saturated rings. The van der Waals surface area contributed by atoms with Gasteiger partial charge in [0.1, 0.15) is 0 Å². The van der Waals surface area contributed by atoms with Gasteiger partial charge in [-0.2, -0.15) is 13.2 Å². The summed E-state index contributed by atoms with van der Waals surface area (Å²) in [7, 11) is 0. The maximum atomic E-state index is 13.1. The fourth-order valence-electron chi connectivity index (χ4n) is 1.66. The number of furan rings is 1. The Morgan fingerprint density at radius 3 is 2.24 bits per heavy atom. The van der Waals surface area contributed by atoms with E-state index in [0.717, 1.165) is 12.1 Å². The van der Waals surface area contributed by atoms with Crippen LogP contribution in [-0.4, -0.2) is 12.0 Å². The molecule has 0 unspecified atom stereocenters. The summed E-state index contributed by atoms with van der Waals surface area (Å²) in [6.45, 7) is 0. The van der Waals surface area contributed by atoms with Gasteiger partial charge in [0.15, 0.2) is 5.76 Å². The van der Waals surface area contributed by atoms with E-state index in [1.54, 1.807) is 0 Å². The lowest BCUT2D eigenvalue weighted by atomic mass is 10.0. The van der Waals surface area contributed by atoms with E-state index in [9.17, 15) is 18.0 Å². The Labute approximate surface area is 127 Å². The Morgan fingerprint density at radius 2 is 1.76 bits per heavy atom. The second kappa shape index (κ2) is 5.95.